The molecule has 1 aromatic heterocycles. The summed E-state index contributed by atoms with van der Waals surface area (Å²) in [7, 11) is 0. The lowest BCUT2D eigenvalue weighted by molar-refractivity contribution is 0.0992. The largest absolute Gasteiger partial charge is 0.399 e. The normalized spacial score (nSPS) is 10.1. The van der Waals surface area contributed by atoms with Gasteiger partial charge in [0.05, 0.1) is 19.8 Å². The smallest absolute Gasteiger partial charge is 0.128 e. The second-order valence-corrected chi connectivity index (χ2v) is 2.74. The monoisotopic (exact) mass is 197 g/mol. The summed E-state index contributed by atoms with van der Waals surface area (Å²) in [5.41, 5.74) is 6.25. The molecule has 0 aromatic carbocycles. The third-order valence-electron chi connectivity index (χ3n) is 1.57. The highest BCUT2D eigenvalue weighted by Crippen LogP contribution is 2.06. The lowest BCUT2D eigenvalue weighted by Gasteiger charge is -2.05. The van der Waals surface area contributed by atoms with Gasteiger partial charge >= 0.3 is 0 Å². The van der Waals surface area contributed by atoms with Gasteiger partial charge in [-0.1, -0.05) is 0 Å². The van der Waals surface area contributed by atoms with Gasteiger partial charge in [-0.05, 0) is 6.07 Å². The highest BCUT2D eigenvalue weighted by atomic mass is 16.5. The van der Waals surface area contributed by atoms with Gasteiger partial charge in [-0.3, -0.25) is 0 Å². The minimum atomic E-state index is 0.0521. The van der Waals surface area contributed by atoms with Crippen molar-refractivity contribution in [2.24, 2.45) is 0 Å². The molecule has 14 heavy (non-hydrogen) atoms. The fraction of sp³-hybridized carbons (Fsp3) is 0.444. The van der Waals surface area contributed by atoms with Crippen molar-refractivity contribution in [2.45, 2.75) is 0 Å². The molecule has 1 heterocycles. The Morgan fingerprint density at radius 3 is 3.07 bits per heavy atom. The number of ether oxygens (including phenoxy) is 1. The molecule has 0 fully saturated rings. The van der Waals surface area contributed by atoms with Crippen molar-refractivity contribution in [2.75, 3.05) is 37.4 Å². The Bertz CT molecular complexity index is 268. The maximum Gasteiger partial charge on any atom is 0.128 e. The average Bonchev–Trinajstić information content (AvgIpc) is 2.18. The summed E-state index contributed by atoms with van der Waals surface area (Å²) in [6.45, 7) is 1.61. The zero-order chi connectivity index (χ0) is 10.2. The van der Waals surface area contributed by atoms with Crippen LogP contribution in [0.15, 0.2) is 18.3 Å². The van der Waals surface area contributed by atoms with E-state index in [1.165, 1.54) is 0 Å². The standard InChI is InChI=1S/C9H15N3O2/c10-8-1-2-11-9(7-8)12-3-5-14-6-4-13/h1-2,7,13H,3-6H2,(H3,10,11,12). The summed E-state index contributed by atoms with van der Waals surface area (Å²) in [5.74, 6) is 0.734. The minimum absolute atomic E-state index is 0.0521. The molecule has 1 aromatic rings. The van der Waals surface area contributed by atoms with Crippen LogP contribution in [-0.2, 0) is 4.74 Å². The van der Waals surface area contributed by atoms with Gasteiger partial charge in [0.1, 0.15) is 5.82 Å². The van der Waals surface area contributed by atoms with Crippen molar-refractivity contribution >= 4 is 11.5 Å². The molecule has 0 spiro atoms. The van der Waals surface area contributed by atoms with Crippen molar-refractivity contribution in [1.82, 2.24) is 4.98 Å². The van der Waals surface area contributed by atoms with Gasteiger partial charge in [0.2, 0.25) is 0 Å². The van der Waals surface area contributed by atoms with Crippen LogP contribution >= 0.6 is 0 Å². The number of hydrogen-bond donors (Lipinski definition) is 3. The summed E-state index contributed by atoms with van der Waals surface area (Å²) in [6.07, 6.45) is 1.65. The maximum absolute atomic E-state index is 8.44. The molecule has 4 N–H and O–H groups in total. The van der Waals surface area contributed by atoms with E-state index >= 15 is 0 Å². The first-order valence-corrected chi connectivity index (χ1v) is 4.47. The van der Waals surface area contributed by atoms with Crippen molar-refractivity contribution < 1.29 is 9.84 Å². The molecular weight excluding hydrogens is 182 g/mol. The van der Waals surface area contributed by atoms with Crippen LogP contribution in [0.25, 0.3) is 0 Å². The van der Waals surface area contributed by atoms with Crippen LogP contribution in [0.5, 0.6) is 0 Å². The number of rotatable bonds is 6. The van der Waals surface area contributed by atoms with E-state index in [4.69, 9.17) is 15.6 Å². The first-order chi connectivity index (χ1) is 6.83. The fourth-order valence-corrected chi connectivity index (χ4v) is 0.961. The van der Waals surface area contributed by atoms with E-state index in [1.807, 2.05) is 0 Å². The Labute approximate surface area is 82.9 Å². The van der Waals surface area contributed by atoms with Crippen LogP contribution in [0.4, 0.5) is 11.5 Å². The second-order valence-electron chi connectivity index (χ2n) is 2.74. The van der Waals surface area contributed by atoms with Crippen molar-refractivity contribution in [1.29, 1.82) is 0 Å². The predicted octanol–water partition coefficient (Wildman–Crippen LogP) is 0.0846. The Kier molecular flexibility index (Phi) is 4.74. The number of hydrogen-bond acceptors (Lipinski definition) is 5. The number of nitrogens with two attached hydrogens (primary N) is 1. The lowest BCUT2D eigenvalue weighted by atomic mass is 10.4. The number of aliphatic hydroxyl groups excluding tert-OH is 1. The summed E-state index contributed by atoms with van der Waals surface area (Å²) < 4.78 is 5.06. The molecule has 0 bridgehead atoms. The predicted molar refractivity (Wildman–Crippen MR) is 55.0 cm³/mol. The van der Waals surface area contributed by atoms with E-state index in [9.17, 15) is 0 Å². The van der Waals surface area contributed by atoms with Crippen LogP contribution in [-0.4, -0.2) is 36.5 Å². The van der Waals surface area contributed by atoms with E-state index in [-0.39, 0.29) is 6.61 Å². The van der Waals surface area contributed by atoms with E-state index in [1.54, 1.807) is 18.3 Å². The first kappa shape index (κ1) is 10.7. The number of pyridine rings is 1. The maximum atomic E-state index is 8.44. The second kappa shape index (κ2) is 6.17. The molecule has 0 radical (unpaired) electrons. The van der Waals surface area contributed by atoms with Gasteiger partial charge in [-0.25, -0.2) is 4.98 Å². The third-order valence-corrected chi connectivity index (χ3v) is 1.57. The highest BCUT2D eigenvalue weighted by Gasteiger charge is 1.93. The zero-order valence-electron chi connectivity index (χ0n) is 7.94. The summed E-state index contributed by atoms with van der Waals surface area (Å²) in [6, 6.07) is 3.49. The molecule has 5 heteroatoms. The van der Waals surface area contributed by atoms with Crippen LogP contribution < -0.4 is 11.1 Å². The molecule has 78 valence electrons. The molecule has 0 aliphatic rings. The molecule has 5 nitrogen and oxygen atoms in total. The van der Waals surface area contributed by atoms with Crippen LogP contribution in [0.2, 0.25) is 0 Å². The molecule has 0 aliphatic heterocycles. The van der Waals surface area contributed by atoms with Gasteiger partial charge in [-0.2, -0.15) is 0 Å². The molecule has 0 saturated heterocycles. The van der Waals surface area contributed by atoms with Crippen LogP contribution in [0.3, 0.4) is 0 Å². The summed E-state index contributed by atoms with van der Waals surface area (Å²) >= 11 is 0. The SMILES string of the molecule is Nc1ccnc(NCCOCCO)c1. The van der Waals surface area contributed by atoms with Crippen LogP contribution in [0.1, 0.15) is 0 Å². The minimum Gasteiger partial charge on any atom is -0.399 e. The van der Waals surface area contributed by atoms with Gasteiger partial charge < -0.3 is 20.9 Å². The van der Waals surface area contributed by atoms with Gasteiger partial charge in [0.25, 0.3) is 0 Å². The Balaban J connectivity index is 2.18. The molecule has 0 amide bonds. The lowest BCUT2D eigenvalue weighted by Crippen LogP contribution is -2.12. The van der Waals surface area contributed by atoms with Crippen molar-refractivity contribution in [3.05, 3.63) is 18.3 Å². The van der Waals surface area contributed by atoms with Crippen molar-refractivity contribution in [3.8, 4) is 0 Å². The van der Waals surface area contributed by atoms with Gasteiger partial charge in [0.15, 0.2) is 0 Å². The molecule has 0 saturated carbocycles. The number of aromatic nitrogens is 1. The Morgan fingerprint density at radius 1 is 1.50 bits per heavy atom. The zero-order valence-corrected chi connectivity index (χ0v) is 7.94. The number of aliphatic hydroxyl groups is 1. The summed E-state index contributed by atoms with van der Waals surface area (Å²) in [4.78, 5) is 4.06. The number of nitrogens with zero attached hydrogens (tertiary/aromatic N) is 1. The molecule has 1 rings (SSSR count). The molecule has 0 unspecified atom stereocenters. The van der Waals surface area contributed by atoms with E-state index in [0.717, 1.165) is 5.82 Å². The average molecular weight is 197 g/mol. The molecule has 0 aliphatic carbocycles. The Morgan fingerprint density at radius 2 is 2.36 bits per heavy atom. The van der Waals surface area contributed by atoms with E-state index < -0.39 is 0 Å². The first-order valence-electron chi connectivity index (χ1n) is 4.47. The third kappa shape index (κ3) is 4.06. The molecule has 0 atom stereocenters. The number of anilines is 2. The topological polar surface area (TPSA) is 80.4 Å². The van der Waals surface area contributed by atoms with Crippen molar-refractivity contribution in [3.63, 3.8) is 0 Å². The van der Waals surface area contributed by atoms with E-state index in [0.29, 0.717) is 25.4 Å². The quantitative estimate of drug-likeness (QED) is 0.563. The van der Waals surface area contributed by atoms with Gasteiger partial charge in [-0.15, -0.1) is 0 Å². The van der Waals surface area contributed by atoms with Gasteiger partial charge in [0, 0.05) is 24.5 Å². The highest BCUT2D eigenvalue weighted by molar-refractivity contribution is 5.48. The van der Waals surface area contributed by atoms with Crippen LogP contribution in [0, 0.1) is 0 Å². The van der Waals surface area contributed by atoms with E-state index in [2.05, 4.69) is 10.3 Å². The Hall–Kier alpha value is -1.33. The molecular formula is C9H15N3O2. The summed E-state index contributed by atoms with van der Waals surface area (Å²) in [5, 5.41) is 11.5. The number of nitrogen functional groups attached to an aromatic ring is 1. The number of nitrogens with one attached hydrogen (secondary N) is 1. The fourth-order valence-electron chi connectivity index (χ4n) is 0.961.